The third-order valence-corrected chi connectivity index (χ3v) is 2.13. The van der Waals surface area contributed by atoms with Crippen molar-refractivity contribution in [1.29, 1.82) is 0 Å². The molecule has 1 aromatic rings. The van der Waals surface area contributed by atoms with Crippen LogP contribution in [0.1, 0.15) is 31.0 Å². The number of nitrogens with one attached hydrogen (secondary N) is 1. The van der Waals surface area contributed by atoms with Crippen molar-refractivity contribution in [2.24, 2.45) is 0 Å². The summed E-state index contributed by atoms with van der Waals surface area (Å²) in [6.45, 7) is 2.58. The van der Waals surface area contributed by atoms with Crippen LogP contribution in [0.2, 0.25) is 0 Å². The molecule has 1 N–H and O–H groups in total. The summed E-state index contributed by atoms with van der Waals surface area (Å²) < 4.78 is 5.03. The molecule has 1 amide bonds. The Balaban J connectivity index is 2.12. The van der Waals surface area contributed by atoms with Crippen LogP contribution in [0.25, 0.3) is 0 Å². The monoisotopic (exact) mass is 181 g/mol. The maximum absolute atomic E-state index is 10.9. The van der Waals surface area contributed by atoms with Gasteiger partial charge in [-0.05, 0) is 0 Å². The number of amides is 1. The molecule has 1 aliphatic rings. The first-order valence-corrected chi connectivity index (χ1v) is 4.38. The fourth-order valence-electron chi connectivity index (χ4n) is 1.36. The molecule has 1 aromatic heterocycles. The number of rotatable bonds is 2. The predicted octanol–water partition coefficient (Wildman–Crippen LogP) is 0.236. The van der Waals surface area contributed by atoms with Crippen LogP contribution in [-0.2, 0) is 11.2 Å². The Morgan fingerprint density at radius 3 is 3.08 bits per heavy atom. The third-order valence-electron chi connectivity index (χ3n) is 2.13. The normalized spacial score (nSPS) is 21.9. The third kappa shape index (κ3) is 1.54. The molecule has 13 heavy (non-hydrogen) atoms. The minimum Gasteiger partial charge on any atom is -0.355 e. The molecule has 1 saturated heterocycles. The molecule has 70 valence electrons. The Labute approximate surface area is 75.5 Å². The van der Waals surface area contributed by atoms with Crippen LogP contribution in [0.4, 0.5) is 0 Å². The molecule has 1 fully saturated rings. The molecule has 0 aliphatic carbocycles. The lowest BCUT2D eigenvalue weighted by molar-refractivity contribution is -0.119. The SMILES string of the molecule is CCc1noc([C@@H]2CNC(=O)C2)n1. The molecule has 0 radical (unpaired) electrons. The van der Waals surface area contributed by atoms with Crippen LogP contribution in [0, 0.1) is 0 Å². The fraction of sp³-hybridized carbons (Fsp3) is 0.625. The van der Waals surface area contributed by atoms with Crippen molar-refractivity contribution in [2.45, 2.75) is 25.7 Å². The topological polar surface area (TPSA) is 68.0 Å². The van der Waals surface area contributed by atoms with Gasteiger partial charge in [0.05, 0.1) is 5.92 Å². The standard InChI is InChI=1S/C8H11N3O2/c1-2-6-10-8(13-11-6)5-3-7(12)9-4-5/h5H,2-4H2,1H3,(H,9,12)/t5-/m0/s1. The van der Waals surface area contributed by atoms with Gasteiger partial charge in [-0.3, -0.25) is 4.79 Å². The van der Waals surface area contributed by atoms with Gasteiger partial charge in [-0.25, -0.2) is 0 Å². The second-order valence-corrected chi connectivity index (χ2v) is 3.11. The van der Waals surface area contributed by atoms with E-state index in [1.54, 1.807) is 0 Å². The van der Waals surface area contributed by atoms with Crippen LogP contribution in [-0.4, -0.2) is 22.6 Å². The summed E-state index contributed by atoms with van der Waals surface area (Å²) in [6.07, 6.45) is 1.23. The first-order chi connectivity index (χ1) is 6.29. The highest BCUT2D eigenvalue weighted by atomic mass is 16.5. The highest BCUT2D eigenvalue weighted by Gasteiger charge is 2.27. The van der Waals surface area contributed by atoms with Gasteiger partial charge in [-0.1, -0.05) is 12.1 Å². The average molecular weight is 181 g/mol. The van der Waals surface area contributed by atoms with Gasteiger partial charge in [0.25, 0.3) is 0 Å². The minimum atomic E-state index is 0.0567. The quantitative estimate of drug-likeness (QED) is 0.709. The highest BCUT2D eigenvalue weighted by Crippen LogP contribution is 2.20. The van der Waals surface area contributed by atoms with E-state index in [0.717, 1.165) is 6.42 Å². The number of nitrogens with zero attached hydrogens (tertiary/aromatic N) is 2. The van der Waals surface area contributed by atoms with E-state index >= 15 is 0 Å². The van der Waals surface area contributed by atoms with Gasteiger partial charge in [0.1, 0.15) is 0 Å². The summed E-state index contributed by atoms with van der Waals surface area (Å²) in [6, 6.07) is 0. The van der Waals surface area contributed by atoms with Crippen molar-refractivity contribution in [1.82, 2.24) is 15.5 Å². The average Bonchev–Trinajstić information content (AvgIpc) is 2.71. The number of aryl methyl sites for hydroxylation is 1. The van der Waals surface area contributed by atoms with Gasteiger partial charge >= 0.3 is 0 Å². The molecule has 2 heterocycles. The maximum Gasteiger partial charge on any atom is 0.232 e. The van der Waals surface area contributed by atoms with E-state index in [1.807, 2.05) is 6.92 Å². The van der Waals surface area contributed by atoms with Gasteiger partial charge in [0, 0.05) is 19.4 Å². The zero-order chi connectivity index (χ0) is 9.26. The summed E-state index contributed by atoms with van der Waals surface area (Å²) in [4.78, 5) is 15.1. The highest BCUT2D eigenvalue weighted by molar-refractivity contribution is 5.79. The largest absolute Gasteiger partial charge is 0.355 e. The van der Waals surface area contributed by atoms with Crippen LogP contribution in [0.15, 0.2) is 4.52 Å². The molecule has 2 rings (SSSR count). The number of hydrogen-bond acceptors (Lipinski definition) is 4. The van der Waals surface area contributed by atoms with Gasteiger partial charge in [0.15, 0.2) is 5.82 Å². The maximum atomic E-state index is 10.9. The Bertz CT molecular complexity index is 321. The van der Waals surface area contributed by atoms with Crippen molar-refractivity contribution < 1.29 is 9.32 Å². The van der Waals surface area contributed by atoms with E-state index in [-0.39, 0.29) is 11.8 Å². The van der Waals surface area contributed by atoms with Crippen LogP contribution in [0.5, 0.6) is 0 Å². The van der Waals surface area contributed by atoms with Crippen LogP contribution in [0.3, 0.4) is 0 Å². The smallest absolute Gasteiger partial charge is 0.232 e. The van der Waals surface area contributed by atoms with Gasteiger partial charge < -0.3 is 9.84 Å². The lowest BCUT2D eigenvalue weighted by atomic mass is 10.1. The van der Waals surface area contributed by atoms with Crippen molar-refractivity contribution in [3.05, 3.63) is 11.7 Å². The molecule has 5 heteroatoms. The van der Waals surface area contributed by atoms with E-state index in [1.165, 1.54) is 0 Å². The van der Waals surface area contributed by atoms with Crippen molar-refractivity contribution in [3.63, 3.8) is 0 Å². The number of hydrogen-bond donors (Lipinski definition) is 1. The fourth-order valence-corrected chi connectivity index (χ4v) is 1.36. The summed E-state index contributed by atoms with van der Waals surface area (Å²) in [7, 11) is 0. The lowest BCUT2D eigenvalue weighted by Gasteiger charge is -1.96. The molecular weight excluding hydrogens is 170 g/mol. The Morgan fingerprint density at radius 2 is 2.54 bits per heavy atom. The van der Waals surface area contributed by atoms with E-state index < -0.39 is 0 Å². The molecule has 0 unspecified atom stereocenters. The summed E-state index contributed by atoms with van der Waals surface area (Å²) in [5.41, 5.74) is 0. The van der Waals surface area contributed by atoms with Crippen LogP contribution >= 0.6 is 0 Å². The van der Waals surface area contributed by atoms with E-state index in [9.17, 15) is 4.79 Å². The molecule has 1 aliphatic heterocycles. The zero-order valence-electron chi connectivity index (χ0n) is 7.41. The molecule has 1 atom stereocenters. The zero-order valence-corrected chi connectivity index (χ0v) is 7.41. The first-order valence-electron chi connectivity index (χ1n) is 4.38. The minimum absolute atomic E-state index is 0.0567. The summed E-state index contributed by atoms with van der Waals surface area (Å²) >= 11 is 0. The van der Waals surface area contributed by atoms with Crippen molar-refractivity contribution in [2.75, 3.05) is 6.54 Å². The molecule has 0 bridgehead atoms. The molecule has 0 saturated carbocycles. The second-order valence-electron chi connectivity index (χ2n) is 3.11. The van der Waals surface area contributed by atoms with Gasteiger partial charge in [0.2, 0.25) is 11.8 Å². The lowest BCUT2D eigenvalue weighted by Crippen LogP contribution is -2.13. The molecule has 0 spiro atoms. The number of aromatic nitrogens is 2. The number of carbonyl (C=O) groups is 1. The van der Waals surface area contributed by atoms with Gasteiger partial charge in [-0.2, -0.15) is 4.98 Å². The Hall–Kier alpha value is -1.39. The Morgan fingerprint density at radius 1 is 1.69 bits per heavy atom. The summed E-state index contributed by atoms with van der Waals surface area (Å²) in [5.74, 6) is 1.41. The second kappa shape index (κ2) is 3.16. The Kier molecular flexibility index (Phi) is 2.00. The van der Waals surface area contributed by atoms with E-state index in [2.05, 4.69) is 15.5 Å². The molecular formula is C8H11N3O2. The molecule has 5 nitrogen and oxygen atoms in total. The first kappa shape index (κ1) is 8.22. The molecule has 0 aromatic carbocycles. The van der Waals surface area contributed by atoms with E-state index in [4.69, 9.17) is 4.52 Å². The summed E-state index contributed by atoms with van der Waals surface area (Å²) in [5, 5.41) is 6.51. The van der Waals surface area contributed by atoms with E-state index in [0.29, 0.717) is 24.7 Å². The van der Waals surface area contributed by atoms with Crippen molar-refractivity contribution >= 4 is 5.91 Å². The van der Waals surface area contributed by atoms with Gasteiger partial charge in [-0.15, -0.1) is 0 Å². The van der Waals surface area contributed by atoms with Crippen molar-refractivity contribution in [3.8, 4) is 0 Å². The van der Waals surface area contributed by atoms with Crippen LogP contribution < -0.4 is 5.32 Å². The number of carbonyl (C=O) groups excluding carboxylic acids is 1. The predicted molar refractivity (Wildman–Crippen MR) is 44.0 cm³/mol.